The van der Waals surface area contributed by atoms with Crippen molar-refractivity contribution in [3.05, 3.63) is 35.9 Å². The molecule has 0 saturated carbocycles. The molecule has 0 aliphatic heterocycles. The minimum Gasteiger partial charge on any atom is -0.389 e. The molecule has 0 saturated heterocycles. The van der Waals surface area contributed by atoms with Crippen LogP contribution in [0.3, 0.4) is 0 Å². The summed E-state index contributed by atoms with van der Waals surface area (Å²) in [6.07, 6.45) is 1.80. The zero-order chi connectivity index (χ0) is 11.9. The van der Waals surface area contributed by atoms with E-state index in [0.29, 0.717) is 6.54 Å². The highest BCUT2D eigenvalue weighted by Gasteiger charge is 2.16. The summed E-state index contributed by atoms with van der Waals surface area (Å²) in [6, 6.07) is 10.4. The van der Waals surface area contributed by atoms with Crippen molar-refractivity contribution < 1.29 is 5.11 Å². The first kappa shape index (κ1) is 13.6. The molecule has 1 rings (SSSR count). The molecular weight excluding hydrogens is 218 g/mol. The number of thioether (sulfide) groups is 1. The Morgan fingerprint density at radius 3 is 2.62 bits per heavy atom. The van der Waals surface area contributed by atoms with Crippen LogP contribution in [0.4, 0.5) is 0 Å². The third-order valence-electron chi connectivity index (χ3n) is 2.56. The van der Waals surface area contributed by atoms with Crippen molar-refractivity contribution in [3.63, 3.8) is 0 Å². The molecule has 3 heteroatoms. The second-order valence-corrected chi connectivity index (χ2v) is 5.45. The fraction of sp³-hybridized carbons (Fsp3) is 0.538. The fourth-order valence-electron chi connectivity index (χ4n) is 1.42. The number of hydrogen-bond donors (Lipinski definition) is 2. The summed E-state index contributed by atoms with van der Waals surface area (Å²) in [6.45, 7) is 2.14. The minimum atomic E-state index is -0.687. The van der Waals surface area contributed by atoms with E-state index in [9.17, 15) is 5.11 Å². The van der Waals surface area contributed by atoms with Gasteiger partial charge < -0.3 is 10.8 Å². The summed E-state index contributed by atoms with van der Waals surface area (Å²) in [5.74, 6) is 2.12. The van der Waals surface area contributed by atoms with Crippen molar-refractivity contribution in [2.24, 2.45) is 5.73 Å². The maximum atomic E-state index is 9.71. The lowest BCUT2D eigenvalue weighted by atomic mass is 10.0. The maximum Gasteiger partial charge on any atom is 0.0741 e. The third kappa shape index (κ3) is 5.54. The molecule has 0 aromatic heterocycles. The Morgan fingerprint density at radius 2 is 2.00 bits per heavy atom. The Bertz CT molecular complexity index is 287. The molecule has 1 atom stereocenters. The maximum absolute atomic E-state index is 9.71. The Hall–Kier alpha value is -0.510. The van der Waals surface area contributed by atoms with Gasteiger partial charge >= 0.3 is 0 Å². The Morgan fingerprint density at radius 1 is 1.31 bits per heavy atom. The van der Waals surface area contributed by atoms with Crippen molar-refractivity contribution in [2.45, 2.75) is 31.1 Å². The molecule has 0 amide bonds. The quantitative estimate of drug-likeness (QED) is 0.718. The lowest BCUT2D eigenvalue weighted by Crippen LogP contribution is -2.34. The lowest BCUT2D eigenvalue weighted by Gasteiger charge is -2.20. The molecular formula is C13H21NOS. The number of benzene rings is 1. The number of nitrogens with two attached hydrogens (primary N) is 1. The van der Waals surface area contributed by atoms with Gasteiger partial charge in [-0.1, -0.05) is 30.3 Å². The van der Waals surface area contributed by atoms with E-state index in [1.165, 1.54) is 5.56 Å². The first-order valence-corrected chi connectivity index (χ1v) is 6.84. The van der Waals surface area contributed by atoms with E-state index >= 15 is 0 Å². The summed E-state index contributed by atoms with van der Waals surface area (Å²) >= 11 is 1.91. The first-order chi connectivity index (χ1) is 7.64. The van der Waals surface area contributed by atoms with Gasteiger partial charge in [-0.2, -0.15) is 11.8 Å². The highest BCUT2D eigenvalue weighted by atomic mass is 32.2. The molecule has 90 valence electrons. The largest absolute Gasteiger partial charge is 0.389 e. The van der Waals surface area contributed by atoms with Gasteiger partial charge in [0.15, 0.2) is 0 Å². The van der Waals surface area contributed by atoms with E-state index in [1.54, 1.807) is 6.92 Å². The zero-order valence-corrected chi connectivity index (χ0v) is 10.7. The molecule has 16 heavy (non-hydrogen) atoms. The second kappa shape index (κ2) is 6.94. The normalized spacial score (nSPS) is 14.7. The minimum absolute atomic E-state index is 0.344. The second-order valence-electron chi connectivity index (χ2n) is 4.34. The number of hydrogen-bond acceptors (Lipinski definition) is 3. The van der Waals surface area contributed by atoms with Crippen LogP contribution in [-0.4, -0.2) is 23.0 Å². The summed E-state index contributed by atoms with van der Waals surface area (Å²) < 4.78 is 0. The average molecular weight is 239 g/mol. The van der Waals surface area contributed by atoms with Crippen LogP contribution in [0.25, 0.3) is 0 Å². The Kier molecular flexibility index (Phi) is 5.88. The molecule has 0 aliphatic carbocycles. The highest BCUT2D eigenvalue weighted by Crippen LogP contribution is 2.16. The fourth-order valence-corrected chi connectivity index (χ4v) is 2.34. The summed E-state index contributed by atoms with van der Waals surface area (Å²) in [5, 5.41) is 9.71. The van der Waals surface area contributed by atoms with Gasteiger partial charge in [0.1, 0.15) is 0 Å². The molecule has 0 bridgehead atoms. The molecule has 1 unspecified atom stereocenters. The molecule has 1 aromatic carbocycles. The van der Waals surface area contributed by atoms with Crippen LogP contribution < -0.4 is 5.73 Å². The highest BCUT2D eigenvalue weighted by molar-refractivity contribution is 7.98. The molecule has 0 heterocycles. The van der Waals surface area contributed by atoms with E-state index in [1.807, 2.05) is 17.8 Å². The summed E-state index contributed by atoms with van der Waals surface area (Å²) in [5.41, 5.74) is 6.13. The predicted molar refractivity (Wildman–Crippen MR) is 71.5 cm³/mol. The van der Waals surface area contributed by atoms with Crippen molar-refractivity contribution in [3.8, 4) is 0 Å². The standard InChI is InChI=1S/C13H21NOS/c1-13(15,11-14)8-5-9-16-10-12-6-3-2-4-7-12/h2-4,6-7,15H,5,8-11,14H2,1H3. The van der Waals surface area contributed by atoms with Crippen LogP contribution >= 0.6 is 11.8 Å². The molecule has 0 radical (unpaired) electrons. The van der Waals surface area contributed by atoms with Crippen LogP contribution in [0.15, 0.2) is 30.3 Å². The SMILES string of the molecule is CC(O)(CN)CCCSCc1ccccc1. The van der Waals surface area contributed by atoms with Gasteiger partial charge in [0.05, 0.1) is 5.60 Å². The third-order valence-corrected chi connectivity index (χ3v) is 3.67. The van der Waals surface area contributed by atoms with Gasteiger partial charge in [-0.3, -0.25) is 0 Å². The van der Waals surface area contributed by atoms with Gasteiger partial charge in [-0.15, -0.1) is 0 Å². The zero-order valence-electron chi connectivity index (χ0n) is 9.86. The van der Waals surface area contributed by atoms with E-state index in [2.05, 4.69) is 24.3 Å². The molecule has 0 fully saturated rings. The lowest BCUT2D eigenvalue weighted by molar-refractivity contribution is 0.0596. The van der Waals surface area contributed by atoms with E-state index < -0.39 is 5.60 Å². The van der Waals surface area contributed by atoms with E-state index in [-0.39, 0.29) is 0 Å². The molecule has 0 spiro atoms. The van der Waals surface area contributed by atoms with E-state index in [4.69, 9.17) is 5.73 Å². The van der Waals surface area contributed by atoms with Crippen molar-refractivity contribution in [1.82, 2.24) is 0 Å². The molecule has 2 nitrogen and oxygen atoms in total. The monoisotopic (exact) mass is 239 g/mol. The van der Waals surface area contributed by atoms with Crippen molar-refractivity contribution in [1.29, 1.82) is 0 Å². The molecule has 3 N–H and O–H groups in total. The van der Waals surface area contributed by atoms with Crippen molar-refractivity contribution in [2.75, 3.05) is 12.3 Å². The van der Waals surface area contributed by atoms with Crippen LogP contribution in [0, 0.1) is 0 Å². The first-order valence-electron chi connectivity index (χ1n) is 5.68. The van der Waals surface area contributed by atoms with Gasteiger partial charge in [0, 0.05) is 12.3 Å². The molecule has 0 aliphatic rings. The van der Waals surface area contributed by atoms with Gasteiger partial charge in [0.25, 0.3) is 0 Å². The topological polar surface area (TPSA) is 46.2 Å². The van der Waals surface area contributed by atoms with Crippen LogP contribution in [0.1, 0.15) is 25.3 Å². The predicted octanol–water partition coefficient (Wildman–Crippen LogP) is 2.41. The van der Waals surface area contributed by atoms with Crippen LogP contribution in [0.2, 0.25) is 0 Å². The Labute approximate surface area is 102 Å². The van der Waals surface area contributed by atoms with E-state index in [0.717, 1.165) is 24.3 Å². The smallest absolute Gasteiger partial charge is 0.0741 e. The molecule has 1 aromatic rings. The summed E-state index contributed by atoms with van der Waals surface area (Å²) in [4.78, 5) is 0. The number of rotatable bonds is 7. The van der Waals surface area contributed by atoms with Crippen LogP contribution in [0.5, 0.6) is 0 Å². The van der Waals surface area contributed by atoms with Crippen molar-refractivity contribution >= 4 is 11.8 Å². The summed E-state index contributed by atoms with van der Waals surface area (Å²) in [7, 11) is 0. The Balaban J connectivity index is 2.09. The average Bonchev–Trinajstić information content (AvgIpc) is 2.30. The van der Waals surface area contributed by atoms with Crippen LogP contribution in [-0.2, 0) is 5.75 Å². The van der Waals surface area contributed by atoms with Gasteiger partial charge in [-0.05, 0) is 31.1 Å². The number of aliphatic hydroxyl groups is 1. The van der Waals surface area contributed by atoms with Gasteiger partial charge in [-0.25, -0.2) is 0 Å². The van der Waals surface area contributed by atoms with Gasteiger partial charge in [0.2, 0.25) is 0 Å².